The first-order valence-corrected chi connectivity index (χ1v) is 5.70. The van der Waals surface area contributed by atoms with Gasteiger partial charge in [0.1, 0.15) is 0 Å². The maximum absolute atomic E-state index is 11.9. The number of piperidine rings is 1. The van der Waals surface area contributed by atoms with Crippen LogP contribution in [0.1, 0.15) is 26.7 Å². The summed E-state index contributed by atoms with van der Waals surface area (Å²) in [4.78, 5) is 25.3. The van der Waals surface area contributed by atoms with Crippen molar-refractivity contribution in [1.29, 1.82) is 0 Å². The highest BCUT2D eigenvalue weighted by Crippen LogP contribution is 2.28. The van der Waals surface area contributed by atoms with Gasteiger partial charge in [-0.25, -0.2) is 0 Å². The largest absolute Gasteiger partial charge is 0.315 e. The summed E-state index contributed by atoms with van der Waals surface area (Å²) in [5, 5.41) is 3.24. The number of imide groups is 1. The van der Waals surface area contributed by atoms with Crippen molar-refractivity contribution in [1.82, 2.24) is 10.2 Å². The van der Waals surface area contributed by atoms with Gasteiger partial charge in [-0.3, -0.25) is 14.5 Å². The summed E-state index contributed by atoms with van der Waals surface area (Å²) in [6.07, 6.45) is 1.99. The molecule has 0 bridgehead atoms. The van der Waals surface area contributed by atoms with Gasteiger partial charge in [-0.1, -0.05) is 13.8 Å². The van der Waals surface area contributed by atoms with E-state index in [9.17, 15) is 9.59 Å². The minimum atomic E-state index is -0.139. The molecule has 2 fully saturated rings. The molecule has 1 N–H and O–H groups in total. The topological polar surface area (TPSA) is 49.4 Å². The van der Waals surface area contributed by atoms with E-state index >= 15 is 0 Å². The summed E-state index contributed by atoms with van der Waals surface area (Å²) in [6, 6.07) is 0.0890. The molecule has 4 heteroatoms. The molecule has 2 rings (SSSR count). The van der Waals surface area contributed by atoms with Gasteiger partial charge in [-0.05, 0) is 19.4 Å². The number of hydrogen-bond donors (Lipinski definition) is 1. The van der Waals surface area contributed by atoms with Crippen LogP contribution in [0, 0.1) is 11.8 Å². The second-order valence-electron chi connectivity index (χ2n) is 4.62. The van der Waals surface area contributed by atoms with Gasteiger partial charge >= 0.3 is 0 Å². The van der Waals surface area contributed by atoms with Crippen molar-refractivity contribution in [2.24, 2.45) is 11.8 Å². The maximum atomic E-state index is 11.9. The first kappa shape index (κ1) is 10.6. The number of likely N-dealkylation sites (tertiary alicyclic amines) is 1. The number of nitrogens with zero attached hydrogens (tertiary/aromatic N) is 1. The highest BCUT2D eigenvalue weighted by molar-refractivity contribution is 6.05. The standard InChI is InChI=1S/C11H18N2O2/c1-7-8(2)11(15)13(10(7)14)9-4-3-5-12-6-9/h7-9,12H,3-6H2,1-2H3/t7-,8-,9+/m1/s1. The molecule has 0 aliphatic carbocycles. The van der Waals surface area contributed by atoms with Crippen LogP contribution in [0.3, 0.4) is 0 Å². The van der Waals surface area contributed by atoms with Gasteiger partial charge in [0.15, 0.2) is 0 Å². The summed E-state index contributed by atoms with van der Waals surface area (Å²) in [5.74, 6) is -0.249. The van der Waals surface area contributed by atoms with E-state index in [4.69, 9.17) is 0 Å². The van der Waals surface area contributed by atoms with Gasteiger partial charge in [-0.15, -0.1) is 0 Å². The van der Waals surface area contributed by atoms with E-state index in [2.05, 4.69) is 5.32 Å². The fourth-order valence-corrected chi connectivity index (χ4v) is 2.39. The molecule has 2 saturated heterocycles. The first-order chi connectivity index (χ1) is 7.13. The van der Waals surface area contributed by atoms with Crippen LogP contribution in [0.15, 0.2) is 0 Å². The van der Waals surface area contributed by atoms with E-state index in [0.717, 1.165) is 25.9 Å². The minimum Gasteiger partial charge on any atom is -0.315 e. The Morgan fingerprint density at radius 1 is 1.20 bits per heavy atom. The third kappa shape index (κ3) is 1.67. The lowest BCUT2D eigenvalue weighted by Crippen LogP contribution is -2.48. The van der Waals surface area contributed by atoms with Crippen molar-refractivity contribution in [2.45, 2.75) is 32.7 Å². The van der Waals surface area contributed by atoms with Crippen molar-refractivity contribution in [3.63, 3.8) is 0 Å². The number of nitrogens with one attached hydrogen (secondary N) is 1. The predicted octanol–water partition coefficient (Wildman–Crippen LogP) is 0.379. The van der Waals surface area contributed by atoms with Crippen LogP contribution < -0.4 is 5.32 Å². The molecule has 0 saturated carbocycles. The monoisotopic (exact) mass is 210 g/mol. The molecule has 2 aliphatic heterocycles. The molecule has 0 aromatic heterocycles. The van der Waals surface area contributed by atoms with Gasteiger partial charge in [-0.2, -0.15) is 0 Å². The number of hydrogen-bond acceptors (Lipinski definition) is 3. The summed E-state index contributed by atoms with van der Waals surface area (Å²) in [6.45, 7) is 5.46. The third-order valence-electron chi connectivity index (χ3n) is 3.64. The number of carbonyl (C=O) groups is 2. The SMILES string of the molecule is C[C@H]1C(=O)N([C@H]2CCCNC2)C(=O)[C@@H]1C. The van der Waals surface area contributed by atoms with Crippen molar-refractivity contribution < 1.29 is 9.59 Å². The van der Waals surface area contributed by atoms with Crippen molar-refractivity contribution >= 4 is 11.8 Å². The lowest BCUT2D eigenvalue weighted by molar-refractivity contribution is -0.142. The lowest BCUT2D eigenvalue weighted by atomic mass is 10.00. The minimum absolute atomic E-state index is 0.0150. The molecule has 2 heterocycles. The molecule has 0 aromatic carbocycles. The summed E-state index contributed by atoms with van der Waals surface area (Å²) >= 11 is 0. The number of amides is 2. The zero-order valence-electron chi connectivity index (χ0n) is 9.32. The van der Waals surface area contributed by atoms with Crippen molar-refractivity contribution in [2.75, 3.05) is 13.1 Å². The van der Waals surface area contributed by atoms with E-state index in [-0.39, 0.29) is 29.7 Å². The predicted molar refractivity (Wildman–Crippen MR) is 56.1 cm³/mol. The molecular formula is C11H18N2O2. The molecule has 4 nitrogen and oxygen atoms in total. The van der Waals surface area contributed by atoms with Crippen LogP contribution in [0.5, 0.6) is 0 Å². The van der Waals surface area contributed by atoms with Gasteiger partial charge in [0.25, 0.3) is 0 Å². The van der Waals surface area contributed by atoms with E-state index < -0.39 is 0 Å². The molecule has 2 aliphatic rings. The van der Waals surface area contributed by atoms with E-state index in [1.807, 2.05) is 13.8 Å². The summed E-state index contributed by atoms with van der Waals surface area (Å²) in [5.41, 5.74) is 0. The van der Waals surface area contributed by atoms with Gasteiger partial charge in [0, 0.05) is 18.4 Å². The Bertz CT molecular complexity index is 264. The zero-order chi connectivity index (χ0) is 11.0. The zero-order valence-corrected chi connectivity index (χ0v) is 9.32. The molecule has 0 spiro atoms. The molecular weight excluding hydrogens is 192 g/mol. The Balaban J connectivity index is 2.14. The summed E-state index contributed by atoms with van der Waals surface area (Å²) < 4.78 is 0. The van der Waals surface area contributed by atoms with Gasteiger partial charge < -0.3 is 5.32 Å². The van der Waals surface area contributed by atoms with Crippen LogP contribution in [-0.4, -0.2) is 35.8 Å². The second-order valence-corrected chi connectivity index (χ2v) is 4.62. The Kier molecular flexibility index (Phi) is 2.78. The van der Waals surface area contributed by atoms with Crippen molar-refractivity contribution in [3.8, 4) is 0 Å². The Labute approximate surface area is 90.0 Å². The van der Waals surface area contributed by atoms with Gasteiger partial charge in [0.05, 0.1) is 6.04 Å². The maximum Gasteiger partial charge on any atom is 0.233 e. The lowest BCUT2D eigenvalue weighted by Gasteiger charge is -2.30. The van der Waals surface area contributed by atoms with E-state index in [0.29, 0.717) is 0 Å². The molecule has 0 aromatic rings. The van der Waals surface area contributed by atoms with Crippen LogP contribution in [0.2, 0.25) is 0 Å². The number of carbonyl (C=O) groups excluding carboxylic acids is 2. The fourth-order valence-electron chi connectivity index (χ4n) is 2.39. The quantitative estimate of drug-likeness (QED) is 0.636. The molecule has 0 radical (unpaired) electrons. The van der Waals surface area contributed by atoms with Crippen LogP contribution in [0.4, 0.5) is 0 Å². The van der Waals surface area contributed by atoms with E-state index in [1.165, 1.54) is 4.90 Å². The van der Waals surface area contributed by atoms with Crippen LogP contribution in [-0.2, 0) is 9.59 Å². The fraction of sp³-hybridized carbons (Fsp3) is 0.818. The Hall–Kier alpha value is -0.900. The third-order valence-corrected chi connectivity index (χ3v) is 3.64. The van der Waals surface area contributed by atoms with Crippen LogP contribution >= 0.6 is 0 Å². The average molecular weight is 210 g/mol. The highest BCUT2D eigenvalue weighted by Gasteiger charge is 2.45. The normalized spacial score (nSPS) is 37.5. The molecule has 84 valence electrons. The van der Waals surface area contributed by atoms with Gasteiger partial charge in [0.2, 0.25) is 11.8 Å². The number of rotatable bonds is 1. The molecule has 15 heavy (non-hydrogen) atoms. The Morgan fingerprint density at radius 2 is 1.80 bits per heavy atom. The molecule has 3 atom stereocenters. The van der Waals surface area contributed by atoms with Crippen LogP contribution in [0.25, 0.3) is 0 Å². The molecule has 2 amide bonds. The summed E-state index contributed by atoms with van der Waals surface area (Å²) in [7, 11) is 0. The smallest absolute Gasteiger partial charge is 0.233 e. The second kappa shape index (κ2) is 3.93. The highest BCUT2D eigenvalue weighted by atomic mass is 16.2. The average Bonchev–Trinajstić information content (AvgIpc) is 2.45. The molecule has 0 unspecified atom stereocenters. The first-order valence-electron chi connectivity index (χ1n) is 5.70. The Morgan fingerprint density at radius 3 is 2.27 bits per heavy atom. The van der Waals surface area contributed by atoms with E-state index in [1.54, 1.807) is 0 Å². The van der Waals surface area contributed by atoms with Crippen molar-refractivity contribution in [3.05, 3.63) is 0 Å².